The molecule has 1 aromatic rings. The first-order valence-electron chi connectivity index (χ1n) is 13.1. The summed E-state index contributed by atoms with van der Waals surface area (Å²) < 4.78 is 0. The number of rotatable bonds is 5. The van der Waals surface area contributed by atoms with Gasteiger partial charge in [0.1, 0.15) is 11.5 Å². The summed E-state index contributed by atoms with van der Waals surface area (Å²) in [6.07, 6.45) is 0.901. The molecule has 4 rings (SSSR count). The van der Waals surface area contributed by atoms with Crippen LogP contribution in [0, 0.1) is 16.7 Å². The van der Waals surface area contributed by atoms with E-state index >= 15 is 0 Å². The van der Waals surface area contributed by atoms with Gasteiger partial charge < -0.3 is 20.4 Å². The molecule has 0 saturated heterocycles. The topological polar surface area (TPSA) is 132 Å². The molecule has 7 heteroatoms. The molecule has 7 nitrogen and oxygen atoms in total. The summed E-state index contributed by atoms with van der Waals surface area (Å²) in [4.78, 5) is 40.0. The van der Waals surface area contributed by atoms with E-state index in [2.05, 4.69) is 13.8 Å². The molecule has 0 aromatic heterocycles. The third kappa shape index (κ3) is 3.36. The highest BCUT2D eigenvalue weighted by Gasteiger charge is 2.74. The number of hydrogen-bond donors (Lipinski definition) is 4. The lowest BCUT2D eigenvalue weighted by molar-refractivity contribution is -0.197. The summed E-state index contributed by atoms with van der Waals surface area (Å²) in [6.45, 7) is 12.0. The average molecular weight is 511 g/mol. The Balaban J connectivity index is 1.96. The van der Waals surface area contributed by atoms with Crippen LogP contribution in [0.25, 0.3) is 5.76 Å². The van der Waals surface area contributed by atoms with Crippen LogP contribution in [0.4, 0.5) is 0 Å². The number of hydrogen-bond acceptors (Lipinski definition) is 7. The number of carbonyl (C=O) groups is 3. The van der Waals surface area contributed by atoms with Crippen molar-refractivity contribution in [2.45, 2.75) is 91.8 Å². The van der Waals surface area contributed by atoms with Crippen molar-refractivity contribution in [3.8, 4) is 5.75 Å². The number of aliphatic hydroxyl groups is 3. The molecule has 5 atom stereocenters. The van der Waals surface area contributed by atoms with Gasteiger partial charge in [0.05, 0.1) is 22.8 Å². The summed E-state index contributed by atoms with van der Waals surface area (Å²) >= 11 is 0. The molecule has 1 saturated carbocycles. The first-order valence-corrected chi connectivity index (χ1v) is 13.1. The van der Waals surface area contributed by atoms with E-state index in [9.17, 15) is 34.8 Å². The third-order valence-electron chi connectivity index (χ3n) is 9.42. The van der Waals surface area contributed by atoms with E-state index in [0.29, 0.717) is 29.0 Å². The van der Waals surface area contributed by atoms with E-state index in [1.165, 1.54) is 13.8 Å². The first-order chi connectivity index (χ1) is 17.1. The number of phenols is 1. The normalized spacial score (nSPS) is 33.5. The van der Waals surface area contributed by atoms with Crippen LogP contribution in [0.2, 0.25) is 0 Å². The summed E-state index contributed by atoms with van der Waals surface area (Å²) in [5.74, 6) is -3.38. The number of benzene rings is 1. The maximum Gasteiger partial charge on any atom is 0.206 e. The van der Waals surface area contributed by atoms with Crippen LogP contribution in [0.1, 0.15) is 90.3 Å². The van der Waals surface area contributed by atoms with Gasteiger partial charge in [-0.3, -0.25) is 14.4 Å². The molecule has 0 bridgehead atoms. The summed E-state index contributed by atoms with van der Waals surface area (Å²) in [5.41, 5.74) is -4.57. The maximum absolute atomic E-state index is 14.2. The van der Waals surface area contributed by atoms with Gasteiger partial charge in [0, 0.05) is 10.8 Å². The minimum absolute atomic E-state index is 0.0414. The van der Waals surface area contributed by atoms with Gasteiger partial charge >= 0.3 is 0 Å². The van der Waals surface area contributed by atoms with Crippen LogP contribution in [0.3, 0.4) is 0 Å². The van der Waals surface area contributed by atoms with Crippen molar-refractivity contribution < 1.29 is 34.8 Å². The smallest absolute Gasteiger partial charge is 0.206 e. The number of ketones is 3. The molecule has 0 heterocycles. The minimum Gasteiger partial charge on any atom is -0.507 e. The molecule has 0 spiro atoms. The molecule has 0 amide bonds. The lowest BCUT2D eigenvalue weighted by Crippen LogP contribution is -2.73. The molecule has 4 N–H and O–H groups in total. The number of aromatic hydroxyl groups is 1. The van der Waals surface area contributed by atoms with E-state index in [1.54, 1.807) is 13.8 Å². The number of allylic oxidation sites excluding steroid dienone is 1. The van der Waals surface area contributed by atoms with Crippen LogP contribution in [0.15, 0.2) is 28.9 Å². The largest absolute Gasteiger partial charge is 0.507 e. The van der Waals surface area contributed by atoms with Crippen molar-refractivity contribution in [3.63, 3.8) is 0 Å². The van der Waals surface area contributed by atoms with Crippen LogP contribution in [-0.4, -0.2) is 49.5 Å². The molecule has 200 valence electrons. The Kier molecular flexibility index (Phi) is 6.36. The van der Waals surface area contributed by atoms with E-state index in [0.717, 1.165) is 12.8 Å². The molecule has 0 radical (unpaired) electrons. The van der Waals surface area contributed by atoms with Gasteiger partial charge in [-0.1, -0.05) is 58.7 Å². The Bertz CT molecular complexity index is 1280. The molecular formula is C30H38O7. The number of phenolic OH excluding ortho intramolecular Hbond substituents is 1. The fraction of sp³-hybridized carbons (Fsp3) is 0.567. The van der Waals surface area contributed by atoms with Gasteiger partial charge in [-0.05, 0) is 56.1 Å². The zero-order valence-corrected chi connectivity index (χ0v) is 22.7. The second-order valence-corrected chi connectivity index (χ2v) is 12.1. The zero-order chi connectivity index (χ0) is 27.8. The van der Waals surface area contributed by atoms with Gasteiger partial charge in [0.25, 0.3) is 0 Å². The average Bonchev–Trinajstić information content (AvgIpc) is 2.80. The lowest BCUT2D eigenvalue weighted by atomic mass is 9.43. The standard InChI is InChI=1S/C30H38O7/c1-14(2)9-8-10-18-11-12-19-16(4)29(7)22(24(33)21(19)23(18)32)26(35)30(37)25(34)20(17(5)31)15(3)13-28(30,6)27(29)36/h11-12,14,16,27,32-33,36-37H,8-10,13H2,1-7H3/t16-,27+,28+,29+,30+/m1/s1. The Morgan fingerprint density at radius 1 is 1.14 bits per heavy atom. The van der Waals surface area contributed by atoms with Crippen LogP contribution < -0.4 is 0 Å². The Morgan fingerprint density at radius 2 is 1.76 bits per heavy atom. The molecule has 3 aliphatic rings. The van der Waals surface area contributed by atoms with Gasteiger partial charge in [0.15, 0.2) is 11.4 Å². The maximum atomic E-state index is 14.2. The number of aryl methyl sites for hydroxylation is 1. The van der Waals surface area contributed by atoms with E-state index in [-0.39, 0.29) is 28.9 Å². The first kappa shape index (κ1) is 27.3. The van der Waals surface area contributed by atoms with Crippen LogP contribution in [-0.2, 0) is 20.8 Å². The number of fused-ring (bicyclic) bond motifs is 3. The van der Waals surface area contributed by atoms with Gasteiger partial charge in [-0.25, -0.2) is 0 Å². The van der Waals surface area contributed by atoms with Gasteiger partial charge in [-0.2, -0.15) is 0 Å². The molecule has 3 aliphatic carbocycles. The quantitative estimate of drug-likeness (QED) is 0.342. The predicted molar refractivity (Wildman–Crippen MR) is 139 cm³/mol. The van der Waals surface area contributed by atoms with E-state index in [1.807, 2.05) is 19.1 Å². The highest BCUT2D eigenvalue weighted by molar-refractivity contribution is 6.33. The number of Topliss-reactive ketones (excluding diaryl/α,β-unsaturated/α-hetero) is 3. The molecule has 0 unspecified atom stereocenters. The van der Waals surface area contributed by atoms with Crippen molar-refractivity contribution in [1.29, 1.82) is 0 Å². The van der Waals surface area contributed by atoms with Crippen LogP contribution in [0.5, 0.6) is 5.75 Å². The van der Waals surface area contributed by atoms with Gasteiger partial charge in [-0.15, -0.1) is 0 Å². The number of aliphatic hydroxyl groups excluding tert-OH is 2. The second kappa shape index (κ2) is 8.63. The Labute approximate surface area is 217 Å². The fourth-order valence-corrected chi connectivity index (χ4v) is 7.17. The van der Waals surface area contributed by atoms with Crippen molar-refractivity contribution in [1.82, 2.24) is 0 Å². The summed E-state index contributed by atoms with van der Waals surface area (Å²) in [7, 11) is 0. The molecule has 1 aromatic carbocycles. The predicted octanol–water partition coefficient (Wildman–Crippen LogP) is 4.32. The number of carbonyl (C=O) groups excluding carboxylic acids is 3. The molecular weight excluding hydrogens is 472 g/mol. The van der Waals surface area contributed by atoms with Crippen molar-refractivity contribution in [2.24, 2.45) is 16.7 Å². The van der Waals surface area contributed by atoms with Crippen molar-refractivity contribution in [3.05, 3.63) is 45.5 Å². The highest BCUT2D eigenvalue weighted by Crippen LogP contribution is 2.65. The van der Waals surface area contributed by atoms with E-state index in [4.69, 9.17) is 0 Å². The van der Waals surface area contributed by atoms with E-state index < -0.39 is 51.6 Å². The highest BCUT2D eigenvalue weighted by atomic mass is 16.3. The van der Waals surface area contributed by atoms with Crippen LogP contribution >= 0.6 is 0 Å². The van der Waals surface area contributed by atoms with Gasteiger partial charge in [0.2, 0.25) is 11.6 Å². The third-order valence-corrected chi connectivity index (χ3v) is 9.42. The summed E-state index contributed by atoms with van der Waals surface area (Å²) in [5, 5.41) is 46.5. The SMILES string of the molecule is CC(=O)C1=C(C)C[C@@]2(C)[C@H](O)[C@]3(C)C(=C(O)c4c(ccc(CCCC(C)C)c4O)[C@H]3C)C(=O)[C@@]2(O)C1=O. The zero-order valence-electron chi connectivity index (χ0n) is 22.7. The fourth-order valence-electron chi connectivity index (χ4n) is 7.17. The molecule has 0 aliphatic heterocycles. The molecule has 37 heavy (non-hydrogen) atoms. The lowest BCUT2D eigenvalue weighted by Gasteiger charge is -2.61. The molecule has 1 fully saturated rings. The Hall–Kier alpha value is -2.77. The minimum atomic E-state index is -2.74. The summed E-state index contributed by atoms with van der Waals surface area (Å²) in [6, 6.07) is 3.63. The second-order valence-electron chi connectivity index (χ2n) is 12.1. The monoisotopic (exact) mass is 510 g/mol. The van der Waals surface area contributed by atoms with Crippen molar-refractivity contribution in [2.75, 3.05) is 0 Å². The van der Waals surface area contributed by atoms with Crippen molar-refractivity contribution >= 4 is 23.1 Å². The Morgan fingerprint density at radius 3 is 2.32 bits per heavy atom.